The Kier molecular flexibility index (Phi) is 4.39. The van der Waals surface area contributed by atoms with Crippen LogP contribution in [0.5, 0.6) is 0 Å². The highest BCUT2D eigenvalue weighted by Gasteiger charge is 2.23. The van der Waals surface area contributed by atoms with Gasteiger partial charge in [-0.05, 0) is 47.8 Å². The van der Waals surface area contributed by atoms with Gasteiger partial charge < -0.3 is 0 Å². The fourth-order valence-electron chi connectivity index (χ4n) is 2.26. The first-order chi connectivity index (χ1) is 9.06. The predicted molar refractivity (Wildman–Crippen MR) is 80.7 cm³/mol. The van der Waals surface area contributed by atoms with E-state index in [1.165, 1.54) is 5.56 Å². The molecule has 4 nitrogen and oxygen atoms in total. The molecular weight excluding hydrogens is 304 g/mol. The summed E-state index contributed by atoms with van der Waals surface area (Å²) < 4.78 is 2.95. The van der Waals surface area contributed by atoms with Crippen LogP contribution in [0.4, 0.5) is 0 Å². The zero-order valence-electron chi connectivity index (χ0n) is 11.4. The molecule has 0 aliphatic rings. The highest BCUT2D eigenvalue weighted by Crippen LogP contribution is 2.31. The molecule has 1 heterocycles. The summed E-state index contributed by atoms with van der Waals surface area (Å²) in [6.45, 7) is 6.30. The summed E-state index contributed by atoms with van der Waals surface area (Å²) in [5.74, 6) is 5.79. The zero-order valence-corrected chi connectivity index (χ0v) is 13.0. The number of aromatic nitrogens is 2. The van der Waals surface area contributed by atoms with E-state index in [9.17, 15) is 0 Å². The van der Waals surface area contributed by atoms with Gasteiger partial charge in [-0.3, -0.25) is 10.5 Å². The SMILES string of the molecule is Cc1ccccc1C(NN)c1c(Br)cnn1C(C)C. The van der Waals surface area contributed by atoms with Crippen molar-refractivity contribution in [3.8, 4) is 0 Å². The summed E-state index contributed by atoms with van der Waals surface area (Å²) in [5, 5.41) is 4.41. The van der Waals surface area contributed by atoms with Gasteiger partial charge in [-0.25, -0.2) is 5.43 Å². The average molecular weight is 323 g/mol. The van der Waals surface area contributed by atoms with E-state index >= 15 is 0 Å². The Bertz CT molecular complexity index is 562. The minimum absolute atomic E-state index is 0.0829. The second kappa shape index (κ2) is 5.86. The number of hydrogen-bond donors (Lipinski definition) is 2. The van der Waals surface area contributed by atoms with E-state index in [4.69, 9.17) is 5.84 Å². The molecule has 0 saturated heterocycles. The van der Waals surface area contributed by atoms with Crippen LogP contribution < -0.4 is 11.3 Å². The van der Waals surface area contributed by atoms with E-state index < -0.39 is 0 Å². The number of rotatable bonds is 4. The van der Waals surface area contributed by atoms with Crippen molar-refractivity contribution < 1.29 is 0 Å². The molecule has 1 aromatic heterocycles. The van der Waals surface area contributed by atoms with Crippen LogP contribution in [0.1, 0.15) is 42.8 Å². The van der Waals surface area contributed by atoms with Crippen LogP contribution in [-0.2, 0) is 0 Å². The lowest BCUT2D eigenvalue weighted by Crippen LogP contribution is -2.31. The van der Waals surface area contributed by atoms with Crippen molar-refractivity contribution in [1.29, 1.82) is 0 Å². The first kappa shape index (κ1) is 14.2. The van der Waals surface area contributed by atoms with Gasteiger partial charge in [0, 0.05) is 6.04 Å². The van der Waals surface area contributed by atoms with Crippen molar-refractivity contribution in [2.24, 2.45) is 5.84 Å². The molecule has 102 valence electrons. The minimum atomic E-state index is -0.0829. The molecule has 2 aromatic rings. The smallest absolute Gasteiger partial charge is 0.0892 e. The van der Waals surface area contributed by atoms with Crippen molar-refractivity contribution >= 4 is 15.9 Å². The maximum absolute atomic E-state index is 5.79. The summed E-state index contributed by atoms with van der Waals surface area (Å²) in [4.78, 5) is 0. The summed E-state index contributed by atoms with van der Waals surface area (Å²) >= 11 is 3.57. The highest BCUT2D eigenvalue weighted by molar-refractivity contribution is 9.10. The first-order valence-corrected chi connectivity index (χ1v) is 7.10. The van der Waals surface area contributed by atoms with Crippen LogP contribution >= 0.6 is 15.9 Å². The van der Waals surface area contributed by atoms with Crippen LogP contribution in [0, 0.1) is 6.92 Å². The average Bonchev–Trinajstić information content (AvgIpc) is 2.75. The molecule has 0 aliphatic carbocycles. The van der Waals surface area contributed by atoms with E-state index in [1.807, 2.05) is 23.0 Å². The van der Waals surface area contributed by atoms with Gasteiger partial charge in [0.25, 0.3) is 0 Å². The molecule has 19 heavy (non-hydrogen) atoms. The van der Waals surface area contributed by atoms with E-state index in [0.29, 0.717) is 0 Å². The molecule has 0 spiro atoms. The standard InChI is InChI=1S/C14H19BrN4/c1-9(2)19-14(12(15)8-17-19)13(18-16)11-7-5-4-6-10(11)3/h4-9,13,18H,16H2,1-3H3. The van der Waals surface area contributed by atoms with Gasteiger partial charge in [0.1, 0.15) is 0 Å². The van der Waals surface area contributed by atoms with Crippen molar-refractivity contribution in [1.82, 2.24) is 15.2 Å². The largest absolute Gasteiger partial charge is 0.271 e. The van der Waals surface area contributed by atoms with E-state index in [0.717, 1.165) is 15.7 Å². The molecule has 1 atom stereocenters. The number of aryl methyl sites for hydroxylation is 1. The number of benzene rings is 1. The molecule has 0 saturated carbocycles. The van der Waals surface area contributed by atoms with Gasteiger partial charge in [0.2, 0.25) is 0 Å². The monoisotopic (exact) mass is 322 g/mol. The van der Waals surface area contributed by atoms with Crippen LogP contribution in [0.3, 0.4) is 0 Å². The fraction of sp³-hybridized carbons (Fsp3) is 0.357. The summed E-state index contributed by atoms with van der Waals surface area (Å²) in [6.07, 6.45) is 1.82. The lowest BCUT2D eigenvalue weighted by molar-refractivity contribution is 0.474. The second-order valence-electron chi connectivity index (χ2n) is 4.87. The molecular formula is C14H19BrN4. The quantitative estimate of drug-likeness (QED) is 0.671. The molecule has 0 aliphatic heterocycles. The number of halogens is 1. The Balaban J connectivity index is 2.55. The van der Waals surface area contributed by atoms with Gasteiger partial charge >= 0.3 is 0 Å². The Morgan fingerprint density at radius 2 is 2.00 bits per heavy atom. The number of nitrogens with one attached hydrogen (secondary N) is 1. The molecule has 1 aromatic carbocycles. The van der Waals surface area contributed by atoms with Crippen LogP contribution in [0.25, 0.3) is 0 Å². The third-order valence-electron chi connectivity index (χ3n) is 3.22. The zero-order chi connectivity index (χ0) is 14.0. The lowest BCUT2D eigenvalue weighted by atomic mass is 9.99. The van der Waals surface area contributed by atoms with Crippen molar-refractivity contribution in [2.75, 3.05) is 0 Å². The molecule has 5 heteroatoms. The third-order valence-corrected chi connectivity index (χ3v) is 3.83. The van der Waals surface area contributed by atoms with Gasteiger partial charge in [-0.2, -0.15) is 5.10 Å². The number of nitrogens with two attached hydrogens (primary N) is 1. The fourth-order valence-corrected chi connectivity index (χ4v) is 2.76. The molecule has 0 radical (unpaired) electrons. The maximum Gasteiger partial charge on any atom is 0.0892 e. The molecule has 0 amide bonds. The Hall–Kier alpha value is -1.17. The van der Waals surface area contributed by atoms with E-state index in [2.05, 4.69) is 59.4 Å². The predicted octanol–water partition coefficient (Wildman–Crippen LogP) is 3.09. The molecule has 2 rings (SSSR count). The summed E-state index contributed by atoms with van der Waals surface area (Å²) in [6, 6.07) is 8.42. The van der Waals surface area contributed by atoms with Crippen LogP contribution in [0.2, 0.25) is 0 Å². The van der Waals surface area contributed by atoms with Gasteiger partial charge in [-0.1, -0.05) is 24.3 Å². The lowest BCUT2D eigenvalue weighted by Gasteiger charge is -2.22. The van der Waals surface area contributed by atoms with Crippen LogP contribution in [0.15, 0.2) is 34.9 Å². The highest BCUT2D eigenvalue weighted by atomic mass is 79.9. The molecule has 0 fully saturated rings. The van der Waals surface area contributed by atoms with E-state index in [-0.39, 0.29) is 12.1 Å². The molecule has 0 bridgehead atoms. The molecule has 3 N–H and O–H groups in total. The van der Waals surface area contributed by atoms with E-state index in [1.54, 1.807) is 0 Å². The second-order valence-corrected chi connectivity index (χ2v) is 5.73. The summed E-state index contributed by atoms with van der Waals surface area (Å²) in [5.41, 5.74) is 6.32. The molecule has 1 unspecified atom stereocenters. The maximum atomic E-state index is 5.79. The minimum Gasteiger partial charge on any atom is -0.271 e. The topological polar surface area (TPSA) is 55.9 Å². The normalized spacial score (nSPS) is 12.9. The van der Waals surface area contributed by atoms with Gasteiger partial charge in [-0.15, -0.1) is 0 Å². The van der Waals surface area contributed by atoms with Crippen molar-refractivity contribution in [3.63, 3.8) is 0 Å². The number of nitrogens with zero attached hydrogens (tertiary/aromatic N) is 2. The van der Waals surface area contributed by atoms with Crippen LogP contribution in [-0.4, -0.2) is 9.78 Å². The Labute approximate surface area is 122 Å². The Morgan fingerprint density at radius 1 is 1.32 bits per heavy atom. The first-order valence-electron chi connectivity index (χ1n) is 6.30. The van der Waals surface area contributed by atoms with Gasteiger partial charge in [0.05, 0.1) is 22.4 Å². The van der Waals surface area contributed by atoms with Crippen molar-refractivity contribution in [2.45, 2.75) is 32.9 Å². The third kappa shape index (κ3) is 2.73. The van der Waals surface area contributed by atoms with Crippen molar-refractivity contribution in [3.05, 3.63) is 51.8 Å². The van der Waals surface area contributed by atoms with Gasteiger partial charge in [0.15, 0.2) is 0 Å². The summed E-state index contributed by atoms with van der Waals surface area (Å²) in [7, 11) is 0. The Morgan fingerprint density at radius 3 is 2.58 bits per heavy atom. The number of hydrogen-bond acceptors (Lipinski definition) is 3. The number of hydrazine groups is 1.